The van der Waals surface area contributed by atoms with Crippen molar-refractivity contribution in [2.45, 2.75) is 49.1 Å². The average Bonchev–Trinajstić information content (AvgIpc) is 3.82. The second kappa shape index (κ2) is 16.2. The summed E-state index contributed by atoms with van der Waals surface area (Å²) in [5, 5.41) is 43.0. The fraction of sp³-hybridized carbons (Fsp3) is 0.500. The van der Waals surface area contributed by atoms with Gasteiger partial charge in [-0.2, -0.15) is 27.2 Å². The van der Waals surface area contributed by atoms with Gasteiger partial charge in [0.1, 0.15) is 36.6 Å². The van der Waals surface area contributed by atoms with E-state index >= 15 is 0 Å². The summed E-state index contributed by atoms with van der Waals surface area (Å²) < 4.78 is 99.8. The van der Waals surface area contributed by atoms with Crippen LogP contribution in [0.4, 0.5) is 11.9 Å². The summed E-state index contributed by atoms with van der Waals surface area (Å²) in [5.74, 6) is -0.774. The fourth-order valence-corrected chi connectivity index (χ4v) is 11.9. The SMILES string of the molecule is Nc1nc2c(ncn2[C@@H]2O[C@H](COP(=O)(OC[C@H]3O[C@@H](n4cnc5c(=O)[nH]c(N)nc54)C(O)C3O)OP(=O)(O)OP(=O)(O)OP(=O)(O)OP(=O)(O)O)C(O)C2O)c(=O)[nH]1. The monoisotopic (exact) mass is 948 g/mol. The third-order valence-electron chi connectivity index (χ3n) is 7.74. The first-order valence-corrected chi connectivity index (χ1v) is 22.9. The van der Waals surface area contributed by atoms with Crippen molar-refractivity contribution >= 4 is 73.3 Å². The van der Waals surface area contributed by atoms with Gasteiger partial charge in [0.25, 0.3) is 11.1 Å². The minimum Gasteiger partial charge on any atom is -0.387 e. The first-order valence-electron chi connectivity index (χ1n) is 15.4. The Kier molecular flexibility index (Phi) is 12.5. The summed E-state index contributed by atoms with van der Waals surface area (Å²) in [5.41, 5.74) is 8.47. The van der Waals surface area contributed by atoms with E-state index in [0.717, 1.165) is 21.8 Å². The number of aliphatic hydroxyl groups is 4. The number of nitrogens with two attached hydrogens (primary N) is 2. The van der Waals surface area contributed by atoms with Crippen molar-refractivity contribution in [3.8, 4) is 0 Å². The van der Waals surface area contributed by atoms with Gasteiger partial charge in [-0.25, -0.2) is 32.8 Å². The molecule has 59 heavy (non-hydrogen) atoms. The molecule has 2 aliphatic heterocycles. The number of rotatable bonds is 16. The number of imidazole rings is 2. The number of nitrogens with one attached hydrogen (secondary N) is 2. The van der Waals surface area contributed by atoms with Gasteiger partial charge in [0, 0.05) is 0 Å². The van der Waals surface area contributed by atoms with Crippen molar-refractivity contribution in [3.05, 3.63) is 33.4 Å². The molecule has 6 heterocycles. The van der Waals surface area contributed by atoms with Crippen LogP contribution in [-0.2, 0) is 58.6 Å². The van der Waals surface area contributed by atoms with Crippen molar-refractivity contribution in [3.63, 3.8) is 0 Å². The second-order valence-corrected chi connectivity index (χ2v) is 19.7. The number of aliphatic hydroxyl groups excluding tert-OH is 4. The minimum atomic E-state index is -6.50. The summed E-state index contributed by atoms with van der Waals surface area (Å²) in [4.78, 5) is 91.1. The molecule has 11 atom stereocenters. The van der Waals surface area contributed by atoms with Gasteiger partial charge in [0.05, 0.1) is 25.9 Å². The number of aromatic amines is 2. The van der Waals surface area contributed by atoms with E-state index in [1.165, 1.54) is 0 Å². The molecule has 2 saturated heterocycles. The van der Waals surface area contributed by atoms with E-state index in [9.17, 15) is 67.5 Å². The number of hydrogen-bond donors (Lipinski definition) is 13. The summed E-state index contributed by atoms with van der Waals surface area (Å²) in [6.45, 7) is -2.54. The molecule has 0 aliphatic carbocycles. The van der Waals surface area contributed by atoms with Gasteiger partial charge in [-0.15, -0.1) is 0 Å². The Morgan fingerprint density at radius 2 is 1.00 bits per heavy atom. The number of nitrogen functional groups attached to an aromatic ring is 2. The van der Waals surface area contributed by atoms with Crippen LogP contribution < -0.4 is 22.6 Å². The maximum atomic E-state index is 13.9. The standard InChI is InChI=1S/C20H29N10O24P5/c21-19-25-13-7(15(35)27-19)23-3-29(13)17-11(33)9(31)5(49-17)1-47-59(46,54-58(44,45)53-57(42,43)52-56(40,41)51-55(37,38)39)48-2-6-10(32)12(34)18(50-6)30-4-24-8-14(30)26-20(22)28-16(8)36/h3-6,9-12,17-18,31-34H,1-2H2,(H,40,41)(H,42,43)(H,44,45)(H2,37,38,39)(H3,21,25,27,35)(H3,22,26,28,36)/t5-,6-,9?,10?,11?,12?,17-,18-,59?/m1/s1. The molecule has 4 aromatic heterocycles. The van der Waals surface area contributed by atoms with Crippen molar-refractivity contribution in [2.24, 2.45) is 0 Å². The maximum Gasteiger partial charge on any atom is 0.490 e. The highest BCUT2D eigenvalue weighted by Crippen LogP contribution is 2.74. The smallest absolute Gasteiger partial charge is 0.387 e. The van der Waals surface area contributed by atoms with E-state index in [1.54, 1.807) is 0 Å². The number of nitrogens with zero attached hydrogens (tertiary/aromatic N) is 6. The molecule has 328 valence electrons. The molecule has 0 saturated carbocycles. The lowest BCUT2D eigenvalue weighted by Gasteiger charge is -2.24. The van der Waals surface area contributed by atoms with Crippen LogP contribution in [0.15, 0.2) is 22.2 Å². The highest BCUT2D eigenvalue weighted by molar-refractivity contribution is 7.71. The van der Waals surface area contributed by atoms with E-state index in [2.05, 4.69) is 47.1 Å². The highest BCUT2D eigenvalue weighted by Gasteiger charge is 2.52. The Bertz CT molecular complexity index is 2480. The van der Waals surface area contributed by atoms with Crippen LogP contribution in [-0.4, -0.2) is 134 Å². The number of ether oxygens (including phenoxy) is 2. The molecule has 34 nitrogen and oxygen atoms in total. The average molecular weight is 948 g/mol. The van der Waals surface area contributed by atoms with Crippen LogP contribution in [0.1, 0.15) is 12.5 Å². The second-order valence-electron chi connectivity index (χ2n) is 11.9. The van der Waals surface area contributed by atoms with Crippen LogP contribution in [0.25, 0.3) is 22.3 Å². The lowest BCUT2D eigenvalue weighted by atomic mass is 10.1. The number of hydrogen-bond acceptors (Lipinski definition) is 25. The normalized spacial score (nSPS) is 29.3. The molecule has 0 bridgehead atoms. The molecule has 0 amide bonds. The molecule has 0 radical (unpaired) electrons. The minimum absolute atomic E-state index is 0.251. The number of fused-ring (bicyclic) bond motifs is 2. The number of phosphoric ester groups is 1. The van der Waals surface area contributed by atoms with Crippen LogP contribution >= 0.6 is 39.1 Å². The van der Waals surface area contributed by atoms with E-state index < -0.39 is 113 Å². The zero-order chi connectivity index (χ0) is 43.6. The summed E-state index contributed by atoms with van der Waals surface area (Å²) >= 11 is 0. The summed E-state index contributed by atoms with van der Waals surface area (Å²) in [7, 11) is -31.1. The van der Waals surface area contributed by atoms with Crippen molar-refractivity contribution in [1.82, 2.24) is 39.0 Å². The van der Waals surface area contributed by atoms with Gasteiger partial charge in [-0.3, -0.25) is 37.7 Å². The number of phosphoric acid groups is 5. The Hall–Kier alpha value is -3.23. The predicted octanol–water partition coefficient (Wildman–Crippen LogP) is -3.74. The van der Waals surface area contributed by atoms with Gasteiger partial charge in [0.2, 0.25) is 11.9 Å². The molecule has 4 aromatic rings. The first kappa shape index (κ1) is 45.3. The fourth-order valence-electron chi connectivity index (χ4n) is 5.43. The molecule has 0 aromatic carbocycles. The van der Waals surface area contributed by atoms with Crippen LogP contribution in [0.3, 0.4) is 0 Å². The molecule has 6 rings (SSSR count). The number of anilines is 2. The molecule has 0 spiro atoms. The van der Waals surface area contributed by atoms with Gasteiger partial charge in [-0.1, -0.05) is 0 Å². The molecule has 39 heteroatoms. The summed E-state index contributed by atoms with van der Waals surface area (Å²) in [6, 6.07) is 0. The predicted molar refractivity (Wildman–Crippen MR) is 182 cm³/mol. The molecular weight excluding hydrogens is 919 g/mol. The van der Waals surface area contributed by atoms with Gasteiger partial charge >= 0.3 is 39.1 Å². The number of H-pyrrole nitrogens is 2. The third kappa shape index (κ3) is 10.1. The highest BCUT2D eigenvalue weighted by atomic mass is 31.3. The zero-order valence-corrected chi connectivity index (χ0v) is 32.9. The lowest BCUT2D eigenvalue weighted by molar-refractivity contribution is -0.0607. The Morgan fingerprint density at radius 1 is 0.627 bits per heavy atom. The molecule has 2 fully saturated rings. The Morgan fingerprint density at radius 3 is 1.39 bits per heavy atom. The van der Waals surface area contributed by atoms with Crippen molar-refractivity contribution in [1.29, 1.82) is 0 Å². The molecule has 7 unspecified atom stereocenters. The van der Waals surface area contributed by atoms with Crippen molar-refractivity contribution in [2.75, 3.05) is 24.7 Å². The van der Waals surface area contributed by atoms with E-state index in [0.29, 0.717) is 0 Å². The zero-order valence-electron chi connectivity index (χ0n) is 28.4. The van der Waals surface area contributed by atoms with E-state index in [4.69, 9.17) is 39.8 Å². The van der Waals surface area contributed by atoms with Crippen LogP contribution in [0.5, 0.6) is 0 Å². The quantitative estimate of drug-likeness (QED) is 0.0480. The van der Waals surface area contributed by atoms with E-state index in [1.807, 2.05) is 0 Å². The van der Waals surface area contributed by atoms with Crippen molar-refractivity contribution < 1.29 is 103 Å². The first-order chi connectivity index (χ1) is 27.2. The Labute approximate surface area is 322 Å². The van der Waals surface area contributed by atoms with Crippen LogP contribution in [0.2, 0.25) is 0 Å². The van der Waals surface area contributed by atoms with Gasteiger partial charge in [-0.05, 0) is 0 Å². The number of aromatic nitrogens is 8. The summed E-state index contributed by atoms with van der Waals surface area (Å²) in [6.07, 6.45) is -12.8. The maximum absolute atomic E-state index is 13.9. The molecular formula is C20H29N10O24P5. The van der Waals surface area contributed by atoms with Crippen LogP contribution in [0, 0.1) is 0 Å². The molecule has 15 N–H and O–H groups in total. The Balaban J connectivity index is 1.23. The van der Waals surface area contributed by atoms with Gasteiger partial charge < -0.3 is 65.8 Å². The molecule has 2 aliphatic rings. The van der Waals surface area contributed by atoms with E-state index in [-0.39, 0.29) is 34.2 Å². The van der Waals surface area contributed by atoms with Gasteiger partial charge in [0.15, 0.2) is 34.8 Å². The lowest BCUT2D eigenvalue weighted by Crippen LogP contribution is -2.34. The third-order valence-corrected chi connectivity index (χ3v) is 15.3. The largest absolute Gasteiger partial charge is 0.490 e. The topological polar surface area (TPSA) is 520 Å².